The number of aryl methyl sites for hydroxylation is 2. The second-order valence-electron chi connectivity index (χ2n) is 12.4. The molecule has 0 aliphatic heterocycles. The van der Waals surface area contributed by atoms with Crippen molar-refractivity contribution in [2.75, 3.05) is 9.80 Å². The lowest BCUT2D eigenvalue weighted by molar-refractivity contribution is 1.26. The Morgan fingerprint density at radius 2 is 0.604 bits per heavy atom. The van der Waals surface area contributed by atoms with E-state index < -0.39 is 0 Å². The van der Waals surface area contributed by atoms with E-state index in [1.807, 2.05) is 0 Å². The van der Waals surface area contributed by atoms with Crippen molar-refractivity contribution in [3.8, 4) is 11.1 Å². The molecule has 0 atom stereocenters. The Bertz CT molecular complexity index is 2210. The van der Waals surface area contributed by atoms with E-state index in [2.05, 4.69) is 206 Å². The molecule has 0 saturated heterocycles. The minimum atomic E-state index is 1.13. The summed E-state index contributed by atoms with van der Waals surface area (Å²) in [7, 11) is 0. The van der Waals surface area contributed by atoms with Gasteiger partial charge in [0.2, 0.25) is 0 Å². The van der Waals surface area contributed by atoms with Crippen molar-refractivity contribution in [2.24, 2.45) is 0 Å². The fourth-order valence-electron chi connectivity index (χ4n) is 6.86. The van der Waals surface area contributed by atoms with Gasteiger partial charge in [0, 0.05) is 34.1 Å². The molecule has 230 valence electrons. The van der Waals surface area contributed by atoms with E-state index in [-0.39, 0.29) is 0 Å². The van der Waals surface area contributed by atoms with Gasteiger partial charge in [0.25, 0.3) is 0 Å². The SMILES string of the molecule is Cc1cc(N(c2ccccc2)c2ccc3ccccc3c2)ccc1-c1ccc(N(c2ccccc2)c2ccc3ccccc3c2)cc1C. The van der Waals surface area contributed by atoms with E-state index in [0.29, 0.717) is 0 Å². The van der Waals surface area contributed by atoms with Gasteiger partial charge in [0.1, 0.15) is 0 Å². The summed E-state index contributed by atoms with van der Waals surface area (Å²) in [5.74, 6) is 0. The molecule has 8 rings (SSSR count). The van der Waals surface area contributed by atoms with E-state index in [4.69, 9.17) is 0 Å². The van der Waals surface area contributed by atoms with Crippen LogP contribution in [0.25, 0.3) is 32.7 Å². The summed E-state index contributed by atoms with van der Waals surface area (Å²) in [4.78, 5) is 4.70. The van der Waals surface area contributed by atoms with Crippen molar-refractivity contribution in [1.29, 1.82) is 0 Å². The van der Waals surface area contributed by atoms with Crippen molar-refractivity contribution in [3.05, 3.63) is 193 Å². The molecule has 0 saturated carbocycles. The largest absolute Gasteiger partial charge is 0.310 e. The maximum Gasteiger partial charge on any atom is 0.0468 e. The predicted molar refractivity (Wildman–Crippen MR) is 206 cm³/mol. The maximum atomic E-state index is 2.35. The monoisotopic (exact) mass is 616 g/mol. The number of benzene rings is 8. The van der Waals surface area contributed by atoms with Crippen molar-refractivity contribution < 1.29 is 0 Å². The first-order valence-electron chi connectivity index (χ1n) is 16.5. The molecule has 0 aliphatic carbocycles. The van der Waals surface area contributed by atoms with E-state index >= 15 is 0 Å². The molecular formula is C46H36N2. The van der Waals surface area contributed by atoms with Gasteiger partial charge in [-0.1, -0.05) is 109 Å². The Morgan fingerprint density at radius 1 is 0.271 bits per heavy atom. The van der Waals surface area contributed by atoms with Crippen molar-refractivity contribution in [1.82, 2.24) is 0 Å². The third kappa shape index (κ3) is 5.59. The van der Waals surface area contributed by atoms with Crippen molar-refractivity contribution >= 4 is 55.7 Å². The summed E-state index contributed by atoms with van der Waals surface area (Å²) in [5.41, 5.74) is 11.8. The fourth-order valence-corrected chi connectivity index (χ4v) is 6.86. The Labute approximate surface area is 282 Å². The van der Waals surface area contributed by atoms with Gasteiger partial charge in [-0.15, -0.1) is 0 Å². The highest BCUT2D eigenvalue weighted by Gasteiger charge is 2.17. The lowest BCUT2D eigenvalue weighted by Crippen LogP contribution is -2.10. The first-order chi connectivity index (χ1) is 23.6. The quantitative estimate of drug-likeness (QED) is 0.176. The van der Waals surface area contributed by atoms with Gasteiger partial charge in [0.05, 0.1) is 0 Å². The highest BCUT2D eigenvalue weighted by atomic mass is 15.1. The van der Waals surface area contributed by atoms with Crippen molar-refractivity contribution in [2.45, 2.75) is 13.8 Å². The molecule has 2 heteroatoms. The molecule has 0 aromatic heterocycles. The van der Waals surface area contributed by atoms with Crippen LogP contribution in [-0.4, -0.2) is 0 Å². The average molecular weight is 617 g/mol. The van der Waals surface area contributed by atoms with Gasteiger partial charge < -0.3 is 9.80 Å². The normalized spacial score (nSPS) is 11.1. The summed E-state index contributed by atoms with van der Waals surface area (Å²) in [6.07, 6.45) is 0. The number of hydrogen-bond donors (Lipinski definition) is 0. The lowest BCUT2D eigenvalue weighted by Gasteiger charge is -2.27. The third-order valence-corrected chi connectivity index (χ3v) is 9.24. The van der Waals surface area contributed by atoms with Crippen LogP contribution in [0.15, 0.2) is 182 Å². The van der Waals surface area contributed by atoms with Crippen LogP contribution in [0.2, 0.25) is 0 Å². The number of anilines is 6. The molecule has 48 heavy (non-hydrogen) atoms. The molecule has 0 fully saturated rings. The molecule has 8 aromatic rings. The second kappa shape index (κ2) is 12.6. The van der Waals surface area contributed by atoms with Crippen LogP contribution in [0.5, 0.6) is 0 Å². The molecule has 0 radical (unpaired) electrons. The predicted octanol–water partition coefficient (Wildman–Crippen LogP) is 13.2. The van der Waals surface area contributed by atoms with Crippen LogP contribution < -0.4 is 9.80 Å². The Kier molecular flexibility index (Phi) is 7.68. The smallest absolute Gasteiger partial charge is 0.0468 e. The highest BCUT2D eigenvalue weighted by Crippen LogP contribution is 2.41. The third-order valence-electron chi connectivity index (χ3n) is 9.24. The molecule has 0 spiro atoms. The van der Waals surface area contributed by atoms with Gasteiger partial charge in [-0.3, -0.25) is 0 Å². The van der Waals surface area contributed by atoms with Crippen LogP contribution in [0.1, 0.15) is 11.1 Å². The van der Waals surface area contributed by atoms with E-state index in [1.165, 1.54) is 43.8 Å². The van der Waals surface area contributed by atoms with Gasteiger partial charge in [-0.2, -0.15) is 0 Å². The summed E-state index contributed by atoms with van der Waals surface area (Å²) < 4.78 is 0. The van der Waals surface area contributed by atoms with Crippen LogP contribution >= 0.6 is 0 Å². The standard InChI is InChI=1S/C46H36N2/c1-33-29-41(47(39-17-5-3-6-18-39)43-23-21-35-13-9-11-15-37(35)31-43)25-27-45(33)46-28-26-42(30-34(46)2)48(40-19-7-4-8-20-40)44-24-22-36-14-10-12-16-38(36)32-44/h3-32H,1-2H3. The van der Waals surface area contributed by atoms with Gasteiger partial charge >= 0.3 is 0 Å². The first-order valence-corrected chi connectivity index (χ1v) is 16.5. The first kappa shape index (κ1) is 29.3. The van der Waals surface area contributed by atoms with Crippen LogP contribution in [0.4, 0.5) is 34.1 Å². The average Bonchev–Trinajstić information content (AvgIpc) is 3.13. The van der Waals surface area contributed by atoms with Crippen molar-refractivity contribution in [3.63, 3.8) is 0 Å². The highest BCUT2D eigenvalue weighted by molar-refractivity contribution is 5.91. The summed E-state index contributed by atoms with van der Waals surface area (Å²) in [6.45, 7) is 4.45. The minimum absolute atomic E-state index is 1.13. The molecule has 8 aromatic carbocycles. The zero-order chi connectivity index (χ0) is 32.5. The number of para-hydroxylation sites is 2. The number of fused-ring (bicyclic) bond motifs is 2. The van der Waals surface area contributed by atoms with E-state index in [9.17, 15) is 0 Å². The van der Waals surface area contributed by atoms with Gasteiger partial charge in [-0.05, 0) is 130 Å². The van der Waals surface area contributed by atoms with E-state index in [0.717, 1.165) is 34.1 Å². The lowest BCUT2D eigenvalue weighted by atomic mass is 9.95. The topological polar surface area (TPSA) is 6.48 Å². The van der Waals surface area contributed by atoms with Gasteiger partial charge in [-0.25, -0.2) is 0 Å². The zero-order valence-corrected chi connectivity index (χ0v) is 27.2. The molecule has 0 heterocycles. The summed E-state index contributed by atoms with van der Waals surface area (Å²) in [5, 5.41) is 4.94. The molecule has 0 bridgehead atoms. The fraction of sp³-hybridized carbons (Fsp3) is 0.0435. The molecule has 2 nitrogen and oxygen atoms in total. The Balaban J connectivity index is 1.18. The van der Waals surface area contributed by atoms with E-state index in [1.54, 1.807) is 0 Å². The number of rotatable bonds is 7. The van der Waals surface area contributed by atoms with Crippen LogP contribution in [0, 0.1) is 13.8 Å². The molecule has 0 unspecified atom stereocenters. The van der Waals surface area contributed by atoms with Gasteiger partial charge in [0.15, 0.2) is 0 Å². The molecule has 0 amide bonds. The summed E-state index contributed by atoms with van der Waals surface area (Å²) in [6, 6.07) is 65.5. The number of nitrogens with zero attached hydrogens (tertiary/aromatic N) is 2. The number of hydrogen-bond acceptors (Lipinski definition) is 2. The minimum Gasteiger partial charge on any atom is -0.310 e. The van der Waals surface area contributed by atoms with Crippen LogP contribution in [0.3, 0.4) is 0 Å². The maximum absolute atomic E-state index is 2.35. The Morgan fingerprint density at radius 3 is 1.00 bits per heavy atom. The molecule has 0 aliphatic rings. The Hall–Kier alpha value is -6.12. The summed E-state index contributed by atoms with van der Waals surface area (Å²) >= 11 is 0. The molecule has 0 N–H and O–H groups in total. The zero-order valence-electron chi connectivity index (χ0n) is 27.2. The second-order valence-corrected chi connectivity index (χ2v) is 12.4. The molecular weight excluding hydrogens is 581 g/mol. The van der Waals surface area contributed by atoms with Crippen LogP contribution in [-0.2, 0) is 0 Å².